The van der Waals surface area contributed by atoms with Gasteiger partial charge in [0.1, 0.15) is 11.4 Å². The molecule has 1 aliphatic rings. The molecule has 1 aliphatic carbocycles. The third-order valence-electron chi connectivity index (χ3n) is 4.69. The Morgan fingerprint density at radius 3 is 2.90 bits per heavy atom. The monoisotopic (exact) mass is 301 g/mol. The third-order valence-corrected chi connectivity index (χ3v) is 6.12. The molecule has 1 saturated carbocycles. The molecule has 3 atom stereocenters. The molecular formula is C17H23N3S. The highest BCUT2D eigenvalue weighted by molar-refractivity contribution is 8.00. The molecule has 0 spiro atoms. The van der Waals surface area contributed by atoms with Gasteiger partial charge < -0.3 is 5.73 Å². The topological polar surface area (TPSA) is 51.8 Å². The van der Waals surface area contributed by atoms with Gasteiger partial charge in [-0.25, -0.2) is 9.97 Å². The lowest BCUT2D eigenvalue weighted by atomic mass is 9.80. The van der Waals surface area contributed by atoms with E-state index in [4.69, 9.17) is 5.73 Å². The molecule has 0 amide bonds. The van der Waals surface area contributed by atoms with E-state index in [0.29, 0.717) is 11.2 Å². The van der Waals surface area contributed by atoms with Crippen LogP contribution in [0.1, 0.15) is 32.6 Å². The Kier molecular flexibility index (Phi) is 4.76. The van der Waals surface area contributed by atoms with Crippen molar-refractivity contribution in [1.29, 1.82) is 0 Å². The zero-order chi connectivity index (χ0) is 14.7. The van der Waals surface area contributed by atoms with Crippen LogP contribution in [0.3, 0.4) is 0 Å². The maximum atomic E-state index is 6.00. The first-order chi connectivity index (χ1) is 10.3. The van der Waals surface area contributed by atoms with Crippen molar-refractivity contribution in [3.05, 3.63) is 30.6 Å². The van der Waals surface area contributed by atoms with E-state index in [0.717, 1.165) is 23.0 Å². The number of para-hydroxylation sites is 1. The third kappa shape index (κ3) is 3.22. The fourth-order valence-electron chi connectivity index (χ4n) is 3.28. The number of nitrogens with zero attached hydrogens (tertiary/aromatic N) is 2. The first-order valence-electron chi connectivity index (χ1n) is 7.88. The predicted molar refractivity (Wildman–Crippen MR) is 89.4 cm³/mol. The Labute approximate surface area is 130 Å². The number of aromatic nitrogens is 2. The normalized spacial score (nSPS) is 26.1. The summed E-state index contributed by atoms with van der Waals surface area (Å²) in [5.41, 5.74) is 7.03. The van der Waals surface area contributed by atoms with Gasteiger partial charge in [0.2, 0.25) is 0 Å². The Bertz CT molecular complexity index is 596. The van der Waals surface area contributed by atoms with Gasteiger partial charge in [0.05, 0.1) is 5.52 Å². The zero-order valence-electron chi connectivity index (χ0n) is 12.5. The molecule has 3 nitrogen and oxygen atoms in total. The fraction of sp³-hybridized carbons (Fsp3) is 0.529. The van der Waals surface area contributed by atoms with Crippen molar-refractivity contribution in [2.45, 2.75) is 42.9 Å². The van der Waals surface area contributed by atoms with Gasteiger partial charge in [0, 0.05) is 10.6 Å². The molecule has 0 saturated heterocycles. The molecule has 4 heteroatoms. The Morgan fingerprint density at radius 1 is 1.24 bits per heavy atom. The van der Waals surface area contributed by atoms with E-state index in [1.54, 1.807) is 6.33 Å². The van der Waals surface area contributed by atoms with Crippen molar-refractivity contribution in [1.82, 2.24) is 9.97 Å². The van der Waals surface area contributed by atoms with Crippen LogP contribution in [0.15, 0.2) is 35.6 Å². The number of hydrogen-bond donors (Lipinski definition) is 1. The van der Waals surface area contributed by atoms with E-state index in [1.165, 1.54) is 31.1 Å². The van der Waals surface area contributed by atoms with Crippen LogP contribution in [0.2, 0.25) is 0 Å². The average Bonchev–Trinajstić information content (AvgIpc) is 2.55. The van der Waals surface area contributed by atoms with Crippen molar-refractivity contribution in [3.8, 4) is 0 Å². The summed E-state index contributed by atoms with van der Waals surface area (Å²) in [7, 11) is 0. The van der Waals surface area contributed by atoms with Crippen molar-refractivity contribution in [3.63, 3.8) is 0 Å². The van der Waals surface area contributed by atoms with E-state index in [2.05, 4.69) is 35.1 Å². The highest BCUT2D eigenvalue weighted by Gasteiger charge is 2.30. The molecule has 1 heterocycles. The molecule has 0 bridgehead atoms. The molecule has 1 aromatic carbocycles. The SMILES string of the molecule is CCC1CCC(CN)C(Sc2ncnc3ccccc23)C1. The van der Waals surface area contributed by atoms with Crippen LogP contribution < -0.4 is 5.73 Å². The minimum absolute atomic E-state index is 0.590. The predicted octanol–water partition coefficient (Wildman–Crippen LogP) is 3.88. The molecule has 1 aromatic heterocycles. The van der Waals surface area contributed by atoms with Gasteiger partial charge in [-0.1, -0.05) is 38.0 Å². The van der Waals surface area contributed by atoms with Crippen LogP contribution in [-0.2, 0) is 0 Å². The highest BCUT2D eigenvalue weighted by Crippen LogP contribution is 2.41. The second-order valence-electron chi connectivity index (χ2n) is 5.94. The minimum atomic E-state index is 0.590. The number of fused-ring (bicyclic) bond motifs is 1. The summed E-state index contributed by atoms with van der Waals surface area (Å²) in [6.07, 6.45) is 6.82. The summed E-state index contributed by atoms with van der Waals surface area (Å²) in [4.78, 5) is 8.89. The van der Waals surface area contributed by atoms with Gasteiger partial charge in [0.25, 0.3) is 0 Å². The smallest absolute Gasteiger partial charge is 0.117 e. The van der Waals surface area contributed by atoms with Gasteiger partial charge in [0.15, 0.2) is 0 Å². The highest BCUT2D eigenvalue weighted by atomic mass is 32.2. The second-order valence-corrected chi connectivity index (χ2v) is 7.16. The van der Waals surface area contributed by atoms with Crippen LogP contribution in [0.5, 0.6) is 0 Å². The van der Waals surface area contributed by atoms with Gasteiger partial charge in [-0.3, -0.25) is 0 Å². The second kappa shape index (κ2) is 6.75. The molecular weight excluding hydrogens is 278 g/mol. The summed E-state index contributed by atoms with van der Waals surface area (Å²) in [5.74, 6) is 1.46. The number of rotatable bonds is 4. The number of thioether (sulfide) groups is 1. The first-order valence-corrected chi connectivity index (χ1v) is 8.76. The van der Waals surface area contributed by atoms with Gasteiger partial charge in [-0.2, -0.15) is 0 Å². The number of nitrogens with two attached hydrogens (primary N) is 1. The zero-order valence-corrected chi connectivity index (χ0v) is 13.4. The van der Waals surface area contributed by atoms with E-state index in [-0.39, 0.29) is 0 Å². The van der Waals surface area contributed by atoms with Crippen molar-refractivity contribution in [2.24, 2.45) is 17.6 Å². The Morgan fingerprint density at radius 2 is 2.10 bits per heavy atom. The van der Waals surface area contributed by atoms with Crippen molar-refractivity contribution < 1.29 is 0 Å². The van der Waals surface area contributed by atoms with E-state index < -0.39 is 0 Å². The molecule has 2 N–H and O–H groups in total. The van der Waals surface area contributed by atoms with Gasteiger partial charge in [-0.15, -0.1) is 11.8 Å². The maximum absolute atomic E-state index is 6.00. The molecule has 3 unspecified atom stereocenters. The molecule has 21 heavy (non-hydrogen) atoms. The van der Waals surface area contributed by atoms with Crippen molar-refractivity contribution >= 4 is 22.7 Å². The summed E-state index contributed by atoms with van der Waals surface area (Å²) in [6.45, 7) is 3.09. The molecule has 0 radical (unpaired) electrons. The minimum Gasteiger partial charge on any atom is -0.330 e. The van der Waals surface area contributed by atoms with Crippen molar-refractivity contribution in [2.75, 3.05) is 6.54 Å². The largest absolute Gasteiger partial charge is 0.330 e. The Hall–Kier alpha value is -1.13. The lowest BCUT2D eigenvalue weighted by Gasteiger charge is -2.34. The van der Waals surface area contributed by atoms with Crippen LogP contribution in [0.4, 0.5) is 0 Å². The molecule has 112 valence electrons. The van der Waals surface area contributed by atoms with E-state index in [9.17, 15) is 0 Å². The van der Waals surface area contributed by atoms with Crippen LogP contribution in [-0.4, -0.2) is 21.8 Å². The first kappa shape index (κ1) is 14.8. The molecule has 0 aliphatic heterocycles. The summed E-state index contributed by atoms with van der Waals surface area (Å²) < 4.78 is 0. The Balaban J connectivity index is 1.85. The fourth-order valence-corrected chi connectivity index (χ4v) is 4.78. The summed E-state index contributed by atoms with van der Waals surface area (Å²) in [6, 6.07) is 8.26. The summed E-state index contributed by atoms with van der Waals surface area (Å²) in [5, 5.41) is 2.87. The lowest BCUT2D eigenvalue weighted by molar-refractivity contribution is 0.283. The summed E-state index contributed by atoms with van der Waals surface area (Å²) >= 11 is 1.91. The molecule has 3 rings (SSSR count). The van der Waals surface area contributed by atoms with Crippen LogP contribution in [0, 0.1) is 11.8 Å². The quantitative estimate of drug-likeness (QED) is 0.871. The number of hydrogen-bond acceptors (Lipinski definition) is 4. The van der Waals surface area contributed by atoms with Gasteiger partial charge in [-0.05, 0) is 37.3 Å². The molecule has 2 aromatic rings. The molecule has 1 fully saturated rings. The van der Waals surface area contributed by atoms with Gasteiger partial charge >= 0.3 is 0 Å². The lowest BCUT2D eigenvalue weighted by Crippen LogP contribution is -2.32. The maximum Gasteiger partial charge on any atom is 0.117 e. The van der Waals surface area contributed by atoms with Crippen LogP contribution >= 0.6 is 11.8 Å². The standard InChI is InChI=1S/C17H23N3S/c1-2-12-7-8-13(10-18)16(9-12)21-17-14-5-3-4-6-15(14)19-11-20-17/h3-6,11-13,16H,2,7-10,18H2,1H3. The average molecular weight is 301 g/mol. The number of benzene rings is 1. The van der Waals surface area contributed by atoms with E-state index in [1.807, 2.05) is 17.8 Å². The van der Waals surface area contributed by atoms with Crippen LogP contribution in [0.25, 0.3) is 10.9 Å². The van der Waals surface area contributed by atoms with E-state index >= 15 is 0 Å².